The summed E-state index contributed by atoms with van der Waals surface area (Å²) in [5, 5.41) is 5.42. The molecule has 1 aromatic carbocycles. The molecule has 14 heavy (non-hydrogen) atoms. The maximum Gasteiger partial charge on any atom is 0.239 e. The zero-order chi connectivity index (χ0) is 10.6. The SMILES string of the molecule is CNC(=O)CNc1ccc(N)c(N)c1. The van der Waals surface area contributed by atoms with Gasteiger partial charge in [-0.3, -0.25) is 4.79 Å². The summed E-state index contributed by atoms with van der Waals surface area (Å²) in [6.07, 6.45) is 0. The number of benzene rings is 1. The van der Waals surface area contributed by atoms with Crippen molar-refractivity contribution in [1.29, 1.82) is 0 Å². The van der Waals surface area contributed by atoms with Gasteiger partial charge in [-0.25, -0.2) is 0 Å². The van der Waals surface area contributed by atoms with Crippen LogP contribution in [0.1, 0.15) is 0 Å². The Labute approximate surface area is 82.5 Å². The molecular formula is C9H14N4O. The van der Waals surface area contributed by atoms with E-state index in [9.17, 15) is 4.79 Å². The van der Waals surface area contributed by atoms with Crippen LogP contribution in [0, 0.1) is 0 Å². The van der Waals surface area contributed by atoms with Gasteiger partial charge < -0.3 is 22.1 Å². The molecule has 0 saturated heterocycles. The summed E-state index contributed by atoms with van der Waals surface area (Å²) < 4.78 is 0. The summed E-state index contributed by atoms with van der Waals surface area (Å²) in [5.74, 6) is -0.0830. The predicted octanol–water partition coefficient (Wildman–Crippen LogP) is 0.00890. The lowest BCUT2D eigenvalue weighted by atomic mass is 10.2. The highest BCUT2D eigenvalue weighted by Crippen LogP contribution is 2.19. The fourth-order valence-electron chi connectivity index (χ4n) is 0.955. The number of likely N-dealkylation sites (N-methyl/N-ethyl adjacent to an activating group) is 1. The number of hydrogen-bond acceptors (Lipinski definition) is 4. The van der Waals surface area contributed by atoms with E-state index in [1.165, 1.54) is 0 Å². The first-order chi connectivity index (χ1) is 6.63. The fraction of sp³-hybridized carbons (Fsp3) is 0.222. The van der Waals surface area contributed by atoms with Crippen LogP contribution in [0.5, 0.6) is 0 Å². The highest BCUT2D eigenvalue weighted by atomic mass is 16.1. The summed E-state index contributed by atoms with van der Waals surface area (Å²) in [4.78, 5) is 10.9. The maximum atomic E-state index is 10.9. The van der Waals surface area contributed by atoms with Gasteiger partial charge in [0, 0.05) is 12.7 Å². The topological polar surface area (TPSA) is 93.2 Å². The van der Waals surface area contributed by atoms with Crippen LogP contribution in [0.25, 0.3) is 0 Å². The molecule has 0 aliphatic carbocycles. The molecule has 0 fully saturated rings. The van der Waals surface area contributed by atoms with Crippen molar-refractivity contribution in [2.24, 2.45) is 0 Å². The van der Waals surface area contributed by atoms with Crippen molar-refractivity contribution in [1.82, 2.24) is 5.32 Å². The van der Waals surface area contributed by atoms with Crippen LogP contribution in [-0.2, 0) is 4.79 Å². The minimum Gasteiger partial charge on any atom is -0.397 e. The van der Waals surface area contributed by atoms with Crippen LogP contribution in [0.3, 0.4) is 0 Å². The molecule has 0 spiro atoms. The Balaban J connectivity index is 2.60. The number of carbonyl (C=O) groups is 1. The summed E-state index contributed by atoms with van der Waals surface area (Å²) in [7, 11) is 1.58. The molecule has 0 aromatic heterocycles. The summed E-state index contributed by atoms with van der Waals surface area (Å²) in [5.41, 5.74) is 13.0. The molecule has 0 heterocycles. The fourth-order valence-corrected chi connectivity index (χ4v) is 0.955. The van der Waals surface area contributed by atoms with E-state index in [2.05, 4.69) is 10.6 Å². The highest BCUT2D eigenvalue weighted by Gasteiger charge is 1.99. The van der Waals surface area contributed by atoms with E-state index in [1.54, 1.807) is 25.2 Å². The lowest BCUT2D eigenvalue weighted by Crippen LogP contribution is -2.26. The first-order valence-corrected chi connectivity index (χ1v) is 4.23. The number of anilines is 3. The normalized spacial score (nSPS) is 9.50. The van der Waals surface area contributed by atoms with Gasteiger partial charge in [0.15, 0.2) is 0 Å². The van der Waals surface area contributed by atoms with E-state index in [0.29, 0.717) is 11.4 Å². The average molecular weight is 194 g/mol. The van der Waals surface area contributed by atoms with Crippen molar-refractivity contribution in [2.75, 3.05) is 30.4 Å². The second-order valence-electron chi connectivity index (χ2n) is 2.87. The quantitative estimate of drug-likeness (QED) is 0.510. The van der Waals surface area contributed by atoms with Crippen molar-refractivity contribution in [2.45, 2.75) is 0 Å². The molecular weight excluding hydrogens is 180 g/mol. The van der Waals surface area contributed by atoms with Gasteiger partial charge in [0.1, 0.15) is 0 Å². The van der Waals surface area contributed by atoms with Gasteiger partial charge in [-0.15, -0.1) is 0 Å². The van der Waals surface area contributed by atoms with Gasteiger partial charge >= 0.3 is 0 Å². The van der Waals surface area contributed by atoms with Crippen molar-refractivity contribution < 1.29 is 4.79 Å². The summed E-state index contributed by atoms with van der Waals surface area (Å²) in [6.45, 7) is 0.222. The zero-order valence-corrected chi connectivity index (χ0v) is 8.00. The third-order valence-corrected chi connectivity index (χ3v) is 1.82. The Kier molecular flexibility index (Phi) is 3.17. The van der Waals surface area contributed by atoms with Gasteiger partial charge in [-0.05, 0) is 18.2 Å². The Morgan fingerprint density at radius 3 is 2.64 bits per heavy atom. The second-order valence-corrected chi connectivity index (χ2v) is 2.87. The minimum absolute atomic E-state index is 0.0830. The first kappa shape index (κ1) is 10.2. The van der Waals surface area contributed by atoms with Crippen molar-refractivity contribution in [3.8, 4) is 0 Å². The van der Waals surface area contributed by atoms with Gasteiger partial charge in [-0.2, -0.15) is 0 Å². The summed E-state index contributed by atoms with van der Waals surface area (Å²) in [6, 6.07) is 5.16. The van der Waals surface area contributed by atoms with Crippen molar-refractivity contribution in [3.05, 3.63) is 18.2 Å². The van der Waals surface area contributed by atoms with Crippen LogP contribution in [0.4, 0.5) is 17.1 Å². The Bertz CT molecular complexity index is 338. The lowest BCUT2D eigenvalue weighted by Gasteiger charge is -2.07. The number of nitrogens with one attached hydrogen (secondary N) is 2. The second kappa shape index (κ2) is 4.36. The standard InChI is InChI=1S/C9H14N4O/c1-12-9(14)5-13-6-2-3-7(10)8(11)4-6/h2-4,13H,5,10-11H2,1H3,(H,12,14). The molecule has 0 bridgehead atoms. The Morgan fingerprint density at radius 1 is 1.36 bits per heavy atom. The third kappa shape index (κ3) is 2.55. The molecule has 76 valence electrons. The van der Waals surface area contributed by atoms with Crippen LogP contribution in [-0.4, -0.2) is 19.5 Å². The lowest BCUT2D eigenvalue weighted by molar-refractivity contribution is -0.118. The van der Waals surface area contributed by atoms with E-state index in [-0.39, 0.29) is 12.5 Å². The first-order valence-electron chi connectivity index (χ1n) is 4.23. The van der Waals surface area contributed by atoms with Gasteiger partial charge in [0.25, 0.3) is 0 Å². The number of amides is 1. The van der Waals surface area contributed by atoms with Crippen LogP contribution in [0.15, 0.2) is 18.2 Å². The minimum atomic E-state index is -0.0830. The average Bonchev–Trinajstić information content (AvgIpc) is 2.19. The Hall–Kier alpha value is -1.91. The van der Waals surface area contributed by atoms with E-state index in [0.717, 1.165) is 5.69 Å². The molecule has 1 amide bonds. The van der Waals surface area contributed by atoms with E-state index < -0.39 is 0 Å². The number of nitrogens with two attached hydrogens (primary N) is 2. The van der Waals surface area contributed by atoms with Crippen LogP contribution < -0.4 is 22.1 Å². The molecule has 0 unspecified atom stereocenters. The predicted molar refractivity (Wildman–Crippen MR) is 57.8 cm³/mol. The third-order valence-electron chi connectivity index (χ3n) is 1.82. The maximum absolute atomic E-state index is 10.9. The molecule has 1 aromatic rings. The molecule has 6 N–H and O–H groups in total. The monoisotopic (exact) mass is 194 g/mol. The molecule has 0 radical (unpaired) electrons. The van der Waals surface area contributed by atoms with E-state index in [1.807, 2.05) is 0 Å². The molecule has 0 atom stereocenters. The highest BCUT2D eigenvalue weighted by molar-refractivity contribution is 5.81. The van der Waals surface area contributed by atoms with Gasteiger partial charge in [0.2, 0.25) is 5.91 Å². The van der Waals surface area contributed by atoms with Crippen molar-refractivity contribution in [3.63, 3.8) is 0 Å². The zero-order valence-electron chi connectivity index (χ0n) is 8.00. The van der Waals surface area contributed by atoms with Crippen molar-refractivity contribution >= 4 is 23.0 Å². The molecule has 0 aliphatic heterocycles. The Morgan fingerprint density at radius 2 is 2.07 bits per heavy atom. The molecule has 0 saturated carbocycles. The molecule has 5 heteroatoms. The van der Waals surface area contributed by atoms with E-state index in [4.69, 9.17) is 11.5 Å². The van der Waals surface area contributed by atoms with E-state index >= 15 is 0 Å². The molecule has 0 aliphatic rings. The number of rotatable bonds is 3. The summed E-state index contributed by atoms with van der Waals surface area (Å²) >= 11 is 0. The van der Waals surface area contributed by atoms with Crippen LogP contribution >= 0.6 is 0 Å². The van der Waals surface area contributed by atoms with Crippen LogP contribution in [0.2, 0.25) is 0 Å². The number of hydrogen-bond donors (Lipinski definition) is 4. The molecule has 5 nitrogen and oxygen atoms in total. The van der Waals surface area contributed by atoms with Gasteiger partial charge in [-0.1, -0.05) is 0 Å². The smallest absolute Gasteiger partial charge is 0.239 e. The number of carbonyl (C=O) groups excluding carboxylic acids is 1. The van der Waals surface area contributed by atoms with Gasteiger partial charge in [0.05, 0.1) is 17.9 Å². The molecule has 1 rings (SSSR count). The number of nitrogen functional groups attached to an aromatic ring is 2. The largest absolute Gasteiger partial charge is 0.397 e.